The molecule has 0 aliphatic heterocycles. The van der Waals surface area contributed by atoms with Gasteiger partial charge in [0.1, 0.15) is 12.4 Å². The van der Waals surface area contributed by atoms with E-state index < -0.39 is 0 Å². The Kier molecular flexibility index (Phi) is 4.68. The lowest BCUT2D eigenvalue weighted by Crippen LogP contribution is -2.39. The third-order valence-corrected chi connectivity index (χ3v) is 4.31. The van der Waals surface area contributed by atoms with Crippen LogP contribution in [0.5, 0.6) is 5.75 Å². The van der Waals surface area contributed by atoms with E-state index in [2.05, 4.69) is 35.1 Å². The Bertz CT molecular complexity index is 392. The smallest absolute Gasteiger partial charge is 0.120 e. The van der Waals surface area contributed by atoms with Crippen molar-refractivity contribution in [3.05, 3.63) is 28.7 Å². The van der Waals surface area contributed by atoms with Crippen LogP contribution in [0.2, 0.25) is 0 Å². The van der Waals surface area contributed by atoms with Gasteiger partial charge in [-0.2, -0.15) is 0 Å². The second-order valence-electron chi connectivity index (χ2n) is 5.69. The molecule has 2 rings (SSSR count). The van der Waals surface area contributed by atoms with Crippen LogP contribution in [0, 0.1) is 5.41 Å². The quantitative estimate of drug-likeness (QED) is 0.830. The van der Waals surface area contributed by atoms with Crippen molar-refractivity contribution in [1.29, 1.82) is 0 Å². The third-order valence-electron chi connectivity index (χ3n) is 3.81. The molecule has 1 aromatic rings. The van der Waals surface area contributed by atoms with E-state index in [0.717, 1.165) is 23.4 Å². The van der Waals surface area contributed by atoms with Gasteiger partial charge in [0.2, 0.25) is 0 Å². The summed E-state index contributed by atoms with van der Waals surface area (Å²) in [6.45, 7) is 6.35. The molecule has 1 unspecified atom stereocenters. The van der Waals surface area contributed by atoms with Gasteiger partial charge in [0.25, 0.3) is 0 Å². The van der Waals surface area contributed by atoms with Gasteiger partial charge in [-0.25, -0.2) is 0 Å². The van der Waals surface area contributed by atoms with Crippen molar-refractivity contribution in [3.8, 4) is 5.75 Å². The van der Waals surface area contributed by atoms with Crippen LogP contribution in [0.1, 0.15) is 33.1 Å². The minimum absolute atomic E-state index is 0.440. The summed E-state index contributed by atoms with van der Waals surface area (Å²) in [5.41, 5.74) is 0.440. The highest BCUT2D eigenvalue weighted by molar-refractivity contribution is 9.10. The van der Waals surface area contributed by atoms with Crippen molar-refractivity contribution in [3.63, 3.8) is 0 Å². The maximum absolute atomic E-state index is 5.72. The van der Waals surface area contributed by atoms with Crippen molar-refractivity contribution < 1.29 is 4.74 Å². The molecule has 0 bridgehead atoms. The van der Waals surface area contributed by atoms with Gasteiger partial charge in [-0.05, 0) is 36.5 Å². The number of hydrogen-bond donors (Lipinski definition) is 1. The van der Waals surface area contributed by atoms with Crippen LogP contribution < -0.4 is 10.1 Å². The van der Waals surface area contributed by atoms with Gasteiger partial charge >= 0.3 is 0 Å². The highest BCUT2D eigenvalue weighted by Gasteiger charge is 2.33. The zero-order valence-electron chi connectivity index (χ0n) is 11.2. The topological polar surface area (TPSA) is 21.3 Å². The molecule has 1 aliphatic carbocycles. The molecular formula is C15H22BrNO. The lowest BCUT2D eigenvalue weighted by Gasteiger charge is -2.27. The van der Waals surface area contributed by atoms with Crippen LogP contribution in [0.25, 0.3) is 0 Å². The van der Waals surface area contributed by atoms with E-state index in [1.165, 1.54) is 19.3 Å². The van der Waals surface area contributed by atoms with Gasteiger partial charge in [-0.3, -0.25) is 0 Å². The molecule has 0 aromatic heterocycles. The van der Waals surface area contributed by atoms with Crippen molar-refractivity contribution in [2.45, 2.75) is 39.2 Å². The van der Waals surface area contributed by atoms with E-state index in [1.807, 2.05) is 24.3 Å². The molecule has 1 atom stereocenters. The summed E-state index contributed by atoms with van der Waals surface area (Å²) in [5.74, 6) is 0.928. The summed E-state index contributed by atoms with van der Waals surface area (Å²) in [6.07, 6.45) is 3.97. The SMILES string of the molecule is CC1(C)CCCC1NCCOc1cccc(Br)c1. The standard InChI is InChI=1S/C15H22BrNO/c1-15(2)8-4-7-14(15)17-9-10-18-13-6-3-5-12(16)11-13/h3,5-6,11,14,17H,4,7-10H2,1-2H3. The Morgan fingerprint density at radius 3 is 2.94 bits per heavy atom. The maximum atomic E-state index is 5.72. The Morgan fingerprint density at radius 2 is 2.28 bits per heavy atom. The zero-order chi connectivity index (χ0) is 13.0. The van der Waals surface area contributed by atoms with Gasteiger partial charge in [-0.1, -0.05) is 42.3 Å². The molecule has 1 fully saturated rings. The van der Waals surface area contributed by atoms with Gasteiger partial charge in [-0.15, -0.1) is 0 Å². The normalized spacial score (nSPS) is 22.1. The Balaban J connectivity index is 1.70. The van der Waals surface area contributed by atoms with Crippen molar-refractivity contribution in [2.24, 2.45) is 5.41 Å². The Morgan fingerprint density at radius 1 is 1.44 bits per heavy atom. The average molecular weight is 312 g/mol. The molecule has 0 radical (unpaired) electrons. The predicted octanol–water partition coefficient (Wildman–Crippen LogP) is 4.00. The van der Waals surface area contributed by atoms with Crippen LogP contribution >= 0.6 is 15.9 Å². The monoisotopic (exact) mass is 311 g/mol. The van der Waals surface area contributed by atoms with Crippen LogP contribution in [0.3, 0.4) is 0 Å². The Labute approximate surface area is 118 Å². The van der Waals surface area contributed by atoms with E-state index in [0.29, 0.717) is 11.5 Å². The third kappa shape index (κ3) is 3.72. The van der Waals surface area contributed by atoms with Crippen LogP contribution in [0.4, 0.5) is 0 Å². The van der Waals surface area contributed by atoms with Crippen LogP contribution in [-0.2, 0) is 0 Å². The lowest BCUT2D eigenvalue weighted by molar-refractivity contribution is 0.253. The Hall–Kier alpha value is -0.540. The largest absolute Gasteiger partial charge is 0.492 e. The molecule has 0 spiro atoms. The highest BCUT2D eigenvalue weighted by Crippen LogP contribution is 2.36. The number of benzene rings is 1. The molecule has 1 aliphatic rings. The number of hydrogen-bond acceptors (Lipinski definition) is 2. The minimum Gasteiger partial charge on any atom is -0.492 e. The predicted molar refractivity (Wildman–Crippen MR) is 79.1 cm³/mol. The fraction of sp³-hybridized carbons (Fsp3) is 0.600. The fourth-order valence-corrected chi connectivity index (χ4v) is 3.04. The van der Waals surface area contributed by atoms with Crippen LogP contribution in [0.15, 0.2) is 28.7 Å². The molecule has 18 heavy (non-hydrogen) atoms. The average Bonchev–Trinajstić information content (AvgIpc) is 2.64. The van der Waals surface area contributed by atoms with Crippen molar-refractivity contribution in [2.75, 3.05) is 13.2 Å². The summed E-state index contributed by atoms with van der Waals surface area (Å²) >= 11 is 3.44. The summed E-state index contributed by atoms with van der Waals surface area (Å²) in [7, 11) is 0. The summed E-state index contributed by atoms with van der Waals surface area (Å²) in [4.78, 5) is 0. The van der Waals surface area contributed by atoms with Crippen molar-refractivity contribution in [1.82, 2.24) is 5.32 Å². The number of ether oxygens (including phenoxy) is 1. The maximum Gasteiger partial charge on any atom is 0.120 e. The summed E-state index contributed by atoms with van der Waals surface area (Å²) < 4.78 is 6.78. The lowest BCUT2D eigenvalue weighted by atomic mass is 9.87. The second-order valence-corrected chi connectivity index (χ2v) is 6.61. The molecule has 0 heterocycles. The molecule has 3 heteroatoms. The van der Waals surface area contributed by atoms with Gasteiger partial charge < -0.3 is 10.1 Å². The first-order valence-electron chi connectivity index (χ1n) is 6.70. The van der Waals surface area contributed by atoms with E-state index >= 15 is 0 Å². The van der Waals surface area contributed by atoms with Crippen LogP contribution in [-0.4, -0.2) is 19.2 Å². The minimum atomic E-state index is 0.440. The molecule has 2 nitrogen and oxygen atoms in total. The molecule has 1 N–H and O–H groups in total. The summed E-state index contributed by atoms with van der Waals surface area (Å²) in [5, 5.41) is 3.62. The van der Waals surface area contributed by atoms with Gasteiger partial charge in [0, 0.05) is 17.1 Å². The number of halogens is 1. The first kappa shape index (κ1) is 13.9. The van der Waals surface area contributed by atoms with E-state index in [9.17, 15) is 0 Å². The molecule has 0 saturated heterocycles. The van der Waals surface area contributed by atoms with E-state index in [4.69, 9.17) is 4.74 Å². The molecule has 100 valence electrons. The highest BCUT2D eigenvalue weighted by atomic mass is 79.9. The zero-order valence-corrected chi connectivity index (χ0v) is 12.8. The molecular weight excluding hydrogens is 290 g/mol. The van der Waals surface area contributed by atoms with E-state index in [1.54, 1.807) is 0 Å². The number of rotatable bonds is 5. The fourth-order valence-electron chi connectivity index (χ4n) is 2.66. The summed E-state index contributed by atoms with van der Waals surface area (Å²) in [6, 6.07) is 8.63. The first-order valence-corrected chi connectivity index (χ1v) is 7.49. The molecule has 1 aromatic carbocycles. The molecule has 0 amide bonds. The second kappa shape index (κ2) is 6.07. The van der Waals surface area contributed by atoms with Gasteiger partial charge in [0.15, 0.2) is 0 Å². The number of nitrogens with one attached hydrogen (secondary N) is 1. The van der Waals surface area contributed by atoms with Gasteiger partial charge in [0.05, 0.1) is 0 Å². The van der Waals surface area contributed by atoms with E-state index in [-0.39, 0.29) is 0 Å². The molecule has 1 saturated carbocycles. The van der Waals surface area contributed by atoms with Crippen molar-refractivity contribution >= 4 is 15.9 Å². The first-order chi connectivity index (χ1) is 8.58.